The lowest BCUT2D eigenvalue weighted by Crippen LogP contribution is -2.26. The van der Waals surface area contributed by atoms with Gasteiger partial charge in [0.25, 0.3) is 0 Å². The molecule has 1 aliphatic heterocycles. The number of aromatic nitrogens is 5. The molecule has 0 aromatic carbocycles. The highest BCUT2D eigenvalue weighted by atomic mass is 15.3. The largest absolute Gasteiger partial charge is 0.368 e. The van der Waals surface area contributed by atoms with E-state index >= 15 is 0 Å². The van der Waals surface area contributed by atoms with Gasteiger partial charge in [0.1, 0.15) is 5.82 Å². The van der Waals surface area contributed by atoms with Gasteiger partial charge in [-0.05, 0) is 38.1 Å². The van der Waals surface area contributed by atoms with Gasteiger partial charge in [-0.2, -0.15) is 5.10 Å². The first-order chi connectivity index (χ1) is 11.8. The summed E-state index contributed by atoms with van der Waals surface area (Å²) < 4.78 is 1.79. The summed E-state index contributed by atoms with van der Waals surface area (Å²) in [6.07, 6.45) is 7.96. The third-order valence-corrected chi connectivity index (χ3v) is 4.45. The summed E-state index contributed by atoms with van der Waals surface area (Å²) in [5, 5.41) is 8.76. The molecule has 1 aliphatic rings. The number of hydrogen-bond acceptors (Lipinski definition) is 6. The second-order valence-corrected chi connectivity index (χ2v) is 6.11. The predicted octanol–water partition coefficient (Wildman–Crippen LogP) is 1.93. The average Bonchev–Trinajstić information content (AvgIpc) is 3.26. The zero-order valence-electron chi connectivity index (χ0n) is 13.8. The number of rotatable bonds is 5. The molecule has 0 saturated carbocycles. The molecule has 0 bridgehead atoms. The Morgan fingerprint density at radius 2 is 1.92 bits per heavy atom. The topological polar surface area (TPSA) is 71.8 Å². The summed E-state index contributed by atoms with van der Waals surface area (Å²) in [7, 11) is 1.90. The molecule has 0 unspecified atom stereocenters. The maximum atomic E-state index is 4.73. The summed E-state index contributed by atoms with van der Waals surface area (Å²) in [5.74, 6) is 1.54. The Morgan fingerprint density at radius 1 is 1.12 bits per heavy atom. The highest BCUT2D eigenvalue weighted by Gasteiger charge is 2.14. The van der Waals surface area contributed by atoms with Gasteiger partial charge < -0.3 is 10.2 Å². The molecule has 24 heavy (non-hydrogen) atoms. The van der Waals surface area contributed by atoms with Crippen LogP contribution in [0.15, 0.2) is 30.7 Å². The van der Waals surface area contributed by atoms with Crippen LogP contribution in [0.2, 0.25) is 0 Å². The Kier molecular flexibility index (Phi) is 4.08. The molecule has 1 fully saturated rings. The molecular weight excluding hydrogens is 302 g/mol. The Balaban J connectivity index is 1.62. The fraction of sp³-hybridized carbons (Fsp3) is 0.412. The minimum atomic E-state index is 0.692. The van der Waals surface area contributed by atoms with Crippen LogP contribution < -0.4 is 5.32 Å². The predicted molar refractivity (Wildman–Crippen MR) is 93.7 cm³/mol. The van der Waals surface area contributed by atoms with Gasteiger partial charge in [-0.1, -0.05) is 0 Å². The van der Waals surface area contributed by atoms with Crippen molar-refractivity contribution in [3.05, 3.63) is 30.7 Å². The van der Waals surface area contributed by atoms with Crippen molar-refractivity contribution >= 4 is 16.9 Å². The molecule has 0 atom stereocenters. The number of likely N-dealkylation sites (tertiary alicyclic amines) is 1. The number of aryl methyl sites for hydroxylation is 1. The normalized spacial score (nSPS) is 15.2. The molecule has 7 heteroatoms. The van der Waals surface area contributed by atoms with E-state index in [-0.39, 0.29) is 0 Å². The zero-order valence-corrected chi connectivity index (χ0v) is 13.8. The molecule has 0 spiro atoms. The monoisotopic (exact) mass is 323 g/mol. The molecule has 3 aromatic rings. The zero-order chi connectivity index (χ0) is 16.4. The lowest BCUT2D eigenvalue weighted by molar-refractivity contribution is 0.352. The Bertz CT molecular complexity index is 822. The van der Waals surface area contributed by atoms with Crippen LogP contribution in [0, 0.1) is 0 Å². The Labute approximate surface area is 140 Å². The van der Waals surface area contributed by atoms with Gasteiger partial charge >= 0.3 is 0 Å². The third kappa shape index (κ3) is 2.94. The highest BCUT2D eigenvalue weighted by molar-refractivity contribution is 5.88. The van der Waals surface area contributed by atoms with Crippen LogP contribution in [-0.4, -0.2) is 55.8 Å². The summed E-state index contributed by atoms with van der Waals surface area (Å²) in [5.41, 5.74) is 1.79. The van der Waals surface area contributed by atoms with Gasteiger partial charge in [0.2, 0.25) is 0 Å². The van der Waals surface area contributed by atoms with Gasteiger partial charge in [0.05, 0.1) is 11.6 Å². The fourth-order valence-corrected chi connectivity index (χ4v) is 3.13. The number of anilines is 1. The molecule has 3 aromatic heterocycles. The first kappa shape index (κ1) is 15.0. The van der Waals surface area contributed by atoms with E-state index in [1.54, 1.807) is 17.1 Å². The van der Waals surface area contributed by atoms with E-state index in [0.717, 1.165) is 35.5 Å². The number of nitrogens with zero attached hydrogens (tertiary/aromatic N) is 6. The van der Waals surface area contributed by atoms with Crippen LogP contribution in [0.1, 0.15) is 12.8 Å². The Morgan fingerprint density at radius 3 is 2.71 bits per heavy atom. The minimum absolute atomic E-state index is 0.692. The number of pyridine rings is 1. The molecule has 7 nitrogen and oxygen atoms in total. The number of fused-ring (bicyclic) bond motifs is 1. The van der Waals surface area contributed by atoms with Crippen molar-refractivity contribution < 1.29 is 0 Å². The quantitative estimate of drug-likeness (QED) is 0.773. The first-order valence-electron chi connectivity index (χ1n) is 8.37. The van der Waals surface area contributed by atoms with Gasteiger partial charge in [-0.15, -0.1) is 0 Å². The lowest BCUT2D eigenvalue weighted by Gasteiger charge is -2.15. The summed E-state index contributed by atoms with van der Waals surface area (Å²) in [4.78, 5) is 15.9. The van der Waals surface area contributed by atoms with Crippen LogP contribution in [0.4, 0.5) is 5.82 Å². The smallest absolute Gasteiger partial charge is 0.164 e. The SMILES string of the molecule is Cn1ncc2c(NCCN3CCCC3)nc(-c3ccncc3)nc21. The summed E-state index contributed by atoms with van der Waals surface area (Å²) in [6, 6.07) is 3.84. The van der Waals surface area contributed by atoms with Crippen LogP contribution in [0.3, 0.4) is 0 Å². The molecule has 1 N–H and O–H groups in total. The van der Waals surface area contributed by atoms with E-state index in [1.807, 2.05) is 25.4 Å². The summed E-state index contributed by atoms with van der Waals surface area (Å²) >= 11 is 0. The second-order valence-electron chi connectivity index (χ2n) is 6.11. The van der Waals surface area contributed by atoms with Gasteiger partial charge in [0.15, 0.2) is 11.5 Å². The second kappa shape index (κ2) is 6.52. The van der Waals surface area contributed by atoms with Crippen molar-refractivity contribution in [3.63, 3.8) is 0 Å². The van der Waals surface area contributed by atoms with E-state index in [0.29, 0.717) is 5.82 Å². The van der Waals surface area contributed by atoms with Gasteiger partial charge in [-0.3, -0.25) is 9.67 Å². The summed E-state index contributed by atoms with van der Waals surface area (Å²) in [6.45, 7) is 4.32. The van der Waals surface area contributed by atoms with Crippen LogP contribution >= 0.6 is 0 Å². The van der Waals surface area contributed by atoms with E-state index < -0.39 is 0 Å². The molecule has 0 radical (unpaired) electrons. The van der Waals surface area contributed by atoms with Crippen LogP contribution in [0.25, 0.3) is 22.4 Å². The molecule has 0 amide bonds. The van der Waals surface area contributed by atoms with Crippen molar-refractivity contribution in [2.45, 2.75) is 12.8 Å². The standard InChI is InChI=1S/C17H21N7/c1-23-17-14(12-20-23)16(19-8-11-24-9-2-3-10-24)21-15(22-17)13-4-6-18-7-5-13/h4-7,12H,2-3,8-11H2,1H3,(H,19,21,22). The van der Waals surface area contributed by atoms with Crippen molar-refractivity contribution in [2.24, 2.45) is 7.05 Å². The lowest BCUT2D eigenvalue weighted by atomic mass is 10.2. The molecular formula is C17H21N7. The molecule has 124 valence electrons. The Hall–Kier alpha value is -2.54. The van der Waals surface area contributed by atoms with Crippen molar-refractivity contribution in [3.8, 4) is 11.4 Å². The van der Waals surface area contributed by atoms with Crippen molar-refractivity contribution in [1.82, 2.24) is 29.6 Å². The molecule has 4 heterocycles. The molecule has 4 rings (SSSR count). The number of hydrogen-bond donors (Lipinski definition) is 1. The van der Waals surface area contributed by atoms with E-state index in [4.69, 9.17) is 4.98 Å². The van der Waals surface area contributed by atoms with Crippen molar-refractivity contribution in [1.29, 1.82) is 0 Å². The molecule has 0 aliphatic carbocycles. The van der Waals surface area contributed by atoms with Gasteiger partial charge in [0, 0.05) is 38.1 Å². The third-order valence-electron chi connectivity index (χ3n) is 4.45. The van der Waals surface area contributed by atoms with Gasteiger partial charge in [-0.25, -0.2) is 9.97 Å². The fourth-order valence-electron chi connectivity index (χ4n) is 3.13. The van der Waals surface area contributed by atoms with E-state index in [2.05, 4.69) is 25.3 Å². The highest BCUT2D eigenvalue weighted by Crippen LogP contribution is 2.24. The molecule has 1 saturated heterocycles. The minimum Gasteiger partial charge on any atom is -0.368 e. The maximum Gasteiger partial charge on any atom is 0.164 e. The number of nitrogens with one attached hydrogen (secondary N) is 1. The first-order valence-corrected chi connectivity index (χ1v) is 8.37. The average molecular weight is 323 g/mol. The van der Waals surface area contributed by atoms with Crippen LogP contribution in [-0.2, 0) is 7.05 Å². The van der Waals surface area contributed by atoms with Crippen LogP contribution in [0.5, 0.6) is 0 Å². The van der Waals surface area contributed by atoms with E-state index in [9.17, 15) is 0 Å². The van der Waals surface area contributed by atoms with E-state index in [1.165, 1.54) is 25.9 Å². The van der Waals surface area contributed by atoms with Crippen molar-refractivity contribution in [2.75, 3.05) is 31.5 Å². The maximum absolute atomic E-state index is 4.73.